The van der Waals surface area contributed by atoms with Crippen LogP contribution in [0.15, 0.2) is 48.8 Å². The van der Waals surface area contributed by atoms with Crippen LogP contribution in [-0.2, 0) is 11.3 Å². The molecule has 1 fully saturated rings. The highest BCUT2D eigenvalue weighted by Crippen LogP contribution is 2.35. The molecule has 2 heterocycles. The van der Waals surface area contributed by atoms with Gasteiger partial charge in [-0.2, -0.15) is 0 Å². The zero-order chi connectivity index (χ0) is 21.3. The second kappa shape index (κ2) is 8.23. The van der Waals surface area contributed by atoms with Gasteiger partial charge in [-0.3, -0.25) is 4.79 Å². The van der Waals surface area contributed by atoms with Crippen LogP contribution in [0.1, 0.15) is 23.6 Å². The van der Waals surface area contributed by atoms with Gasteiger partial charge in [0.15, 0.2) is 23.1 Å². The van der Waals surface area contributed by atoms with Crippen molar-refractivity contribution in [2.24, 2.45) is 0 Å². The lowest BCUT2D eigenvalue weighted by atomic mass is 10.00. The van der Waals surface area contributed by atoms with Crippen molar-refractivity contribution in [1.82, 2.24) is 15.3 Å². The topological polar surface area (TPSA) is 63.3 Å². The second-order valence-electron chi connectivity index (χ2n) is 7.19. The Bertz CT molecular complexity index is 981. The van der Waals surface area contributed by atoms with Gasteiger partial charge in [-0.05, 0) is 41.8 Å². The number of methoxy groups -OCH3 is 3. The number of carbonyl (C=O) groups is 1. The molecule has 7 nitrogen and oxygen atoms in total. The Kier molecular flexibility index (Phi) is 5.50. The minimum atomic E-state index is -0.443. The molecular formula is C22H24FN3O4. The molecule has 1 amide bonds. The molecule has 0 bridgehead atoms. The van der Waals surface area contributed by atoms with Gasteiger partial charge in [0.05, 0.1) is 33.9 Å². The Labute approximate surface area is 174 Å². The summed E-state index contributed by atoms with van der Waals surface area (Å²) in [5, 5.41) is 1.83. The molecule has 0 spiro atoms. The number of hydrogen-bond donors (Lipinski definition) is 1. The zero-order valence-electron chi connectivity index (χ0n) is 17.1. The van der Waals surface area contributed by atoms with Gasteiger partial charge in [0.25, 0.3) is 5.91 Å². The molecule has 2 atom stereocenters. The van der Waals surface area contributed by atoms with Crippen LogP contribution in [0.4, 0.5) is 4.39 Å². The molecule has 1 N–H and O–H groups in total. The van der Waals surface area contributed by atoms with Crippen LogP contribution in [0, 0.1) is 5.82 Å². The summed E-state index contributed by atoms with van der Waals surface area (Å²) in [7, 11) is 4.61. The third kappa shape index (κ3) is 3.66. The number of hydrogen-bond acceptors (Lipinski definition) is 6. The molecule has 2 aromatic carbocycles. The smallest absolute Gasteiger partial charge is 0.251 e. The van der Waals surface area contributed by atoms with Crippen molar-refractivity contribution >= 4 is 5.91 Å². The average molecular weight is 413 g/mol. The van der Waals surface area contributed by atoms with Gasteiger partial charge in [-0.15, -0.1) is 0 Å². The summed E-state index contributed by atoms with van der Waals surface area (Å²) in [6.07, 6.45) is 4.16. The number of nitrogens with zero attached hydrogens (tertiary/aromatic N) is 2. The molecular weight excluding hydrogens is 389 g/mol. The first-order chi connectivity index (χ1) is 14.5. The van der Waals surface area contributed by atoms with Crippen molar-refractivity contribution in [2.75, 3.05) is 21.3 Å². The van der Waals surface area contributed by atoms with E-state index in [1.54, 1.807) is 37.5 Å². The molecule has 2 unspecified atom stereocenters. The average Bonchev–Trinajstić information content (AvgIpc) is 3.20. The first-order valence-corrected chi connectivity index (χ1v) is 9.61. The molecule has 2 aromatic rings. The summed E-state index contributed by atoms with van der Waals surface area (Å²) in [5.41, 5.74) is 5.07. The summed E-state index contributed by atoms with van der Waals surface area (Å²) in [6, 6.07) is 10.1. The first-order valence-electron chi connectivity index (χ1n) is 9.61. The number of carbonyl (C=O) groups excluding carboxylic acids is 1. The number of nitrogens with one attached hydrogen (secondary N) is 1. The lowest BCUT2D eigenvalue weighted by Gasteiger charge is -2.31. The van der Waals surface area contributed by atoms with Crippen LogP contribution in [0.5, 0.6) is 17.2 Å². The Morgan fingerprint density at radius 2 is 1.73 bits per heavy atom. The molecule has 158 valence electrons. The minimum Gasteiger partial charge on any atom is -0.494 e. The number of rotatable bonds is 6. The monoisotopic (exact) mass is 413 g/mol. The maximum Gasteiger partial charge on any atom is 0.251 e. The van der Waals surface area contributed by atoms with Crippen molar-refractivity contribution in [2.45, 2.75) is 25.0 Å². The molecule has 0 aliphatic carbocycles. The van der Waals surface area contributed by atoms with E-state index in [9.17, 15) is 9.18 Å². The maximum atomic E-state index is 14.0. The highest BCUT2D eigenvalue weighted by atomic mass is 19.1. The number of halogens is 1. The summed E-state index contributed by atoms with van der Waals surface area (Å²) < 4.78 is 29.6. The number of fused-ring (bicyclic) bond motifs is 1. The van der Waals surface area contributed by atoms with Gasteiger partial charge in [-0.1, -0.05) is 12.1 Å². The van der Waals surface area contributed by atoms with E-state index < -0.39 is 5.82 Å². The molecule has 2 aliphatic heterocycles. The van der Waals surface area contributed by atoms with Crippen molar-refractivity contribution in [3.05, 3.63) is 65.7 Å². The van der Waals surface area contributed by atoms with Crippen molar-refractivity contribution in [1.29, 1.82) is 0 Å². The predicted molar refractivity (Wildman–Crippen MR) is 108 cm³/mol. The summed E-state index contributed by atoms with van der Waals surface area (Å²) in [6.45, 7) is 0.293. The lowest BCUT2D eigenvalue weighted by molar-refractivity contribution is -0.134. The molecule has 30 heavy (non-hydrogen) atoms. The molecule has 0 aromatic heterocycles. The highest BCUT2D eigenvalue weighted by molar-refractivity contribution is 5.84. The van der Waals surface area contributed by atoms with Crippen LogP contribution in [0.3, 0.4) is 0 Å². The van der Waals surface area contributed by atoms with Crippen molar-refractivity contribution in [3.8, 4) is 17.2 Å². The highest BCUT2D eigenvalue weighted by Gasteiger charge is 2.40. The van der Waals surface area contributed by atoms with E-state index in [4.69, 9.17) is 14.2 Å². The van der Waals surface area contributed by atoms with E-state index in [1.807, 2.05) is 29.4 Å². The predicted octanol–water partition coefficient (Wildman–Crippen LogP) is 2.99. The lowest BCUT2D eigenvalue weighted by Crippen LogP contribution is -2.47. The molecule has 4 rings (SSSR count). The molecule has 0 saturated carbocycles. The van der Waals surface area contributed by atoms with Crippen LogP contribution < -0.4 is 19.6 Å². The van der Waals surface area contributed by atoms with Gasteiger partial charge < -0.3 is 24.1 Å². The fraction of sp³-hybridized carbons (Fsp3) is 0.318. The normalized spacial score (nSPS) is 20.3. The van der Waals surface area contributed by atoms with E-state index >= 15 is 0 Å². The van der Waals surface area contributed by atoms with Gasteiger partial charge in [0.2, 0.25) is 0 Å². The largest absolute Gasteiger partial charge is 0.494 e. The fourth-order valence-electron chi connectivity index (χ4n) is 3.86. The van der Waals surface area contributed by atoms with Crippen LogP contribution >= 0.6 is 0 Å². The third-order valence-corrected chi connectivity index (χ3v) is 5.45. The Hall–Kier alpha value is -3.26. The van der Waals surface area contributed by atoms with Crippen LogP contribution in [0.2, 0.25) is 0 Å². The Morgan fingerprint density at radius 3 is 2.43 bits per heavy atom. The first kappa shape index (κ1) is 20.0. The standard InChI is InChI=1S/C22H24FN3O4/c1-28-19-6-4-14(10-16(19)23)13-25-8-9-26-18(22(25)27)12-17(24-26)15-5-7-20(29-2)21(11-15)30-3/h4-11,17-18,24H,12-13H2,1-3H3. The second-order valence-corrected chi connectivity index (χ2v) is 7.19. The summed E-state index contributed by atoms with van der Waals surface area (Å²) in [4.78, 5) is 14.7. The van der Waals surface area contributed by atoms with Crippen molar-refractivity contribution in [3.63, 3.8) is 0 Å². The number of ether oxygens (including phenoxy) is 3. The summed E-state index contributed by atoms with van der Waals surface area (Å²) >= 11 is 0. The third-order valence-electron chi connectivity index (χ3n) is 5.45. The van der Waals surface area contributed by atoms with Gasteiger partial charge in [-0.25, -0.2) is 9.82 Å². The zero-order valence-corrected chi connectivity index (χ0v) is 17.1. The van der Waals surface area contributed by atoms with Gasteiger partial charge >= 0.3 is 0 Å². The quantitative estimate of drug-likeness (QED) is 0.786. The Morgan fingerprint density at radius 1 is 1.00 bits per heavy atom. The minimum absolute atomic E-state index is 0.0378. The SMILES string of the molecule is COc1ccc(CN2C=CN3NC(c4ccc(OC)c(OC)c4)CC3C2=O)cc1F. The number of benzene rings is 2. The molecule has 8 heteroatoms. The van der Waals surface area contributed by atoms with Crippen molar-refractivity contribution < 1.29 is 23.4 Å². The van der Waals surface area contributed by atoms with Crippen LogP contribution in [-0.4, -0.2) is 43.2 Å². The molecule has 0 radical (unpaired) electrons. The summed E-state index contributed by atoms with van der Waals surface area (Å²) in [5.74, 6) is 1.01. The van der Waals surface area contributed by atoms with E-state index in [-0.39, 0.29) is 23.7 Å². The van der Waals surface area contributed by atoms with Gasteiger partial charge in [0.1, 0.15) is 6.04 Å². The maximum absolute atomic E-state index is 14.0. The van der Waals surface area contributed by atoms with Gasteiger partial charge in [0, 0.05) is 12.4 Å². The molecule has 2 aliphatic rings. The number of amides is 1. The Balaban J connectivity index is 1.48. The van der Waals surface area contributed by atoms with E-state index in [0.717, 1.165) is 5.56 Å². The van der Waals surface area contributed by atoms with Crippen LogP contribution in [0.25, 0.3) is 0 Å². The number of hydrazine groups is 1. The molecule has 1 saturated heterocycles. The van der Waals surface area contributed by atoms with E-state index in [0.29, 0.717) is 30.0 Å². The fourth-order valence-corrected chi connectivity index (χ4v) is 3.86. The van der Waals surface area contributed by atoms with E-state index in [1.165, 1.54) is 13.2 Å². The van der Waals surface area contributed by atoms with E-state index in [2.05, 4.69) is 5.43 Å².